The number of anilines is 1. The van der Waals surface area contributed by atoms with Crippen molar-refractivity contribution in [3.05, 3.63) is 47.2 Å². The van der Waals surface area contributed by atoms with E-state index in [1.807, 2.05) is 18.2 Å². The van der Waals surface area contributed by atoms with E-state index < -0.39 is 0 Å². The number of hydrogen-bond acceptors (Lipinski definition) is 3. The first-order valence-electron chi connectivity index (χ1n) is 6.78. The zero-order valence-corrected chi connectivity index (χ0v) is 12.3. The maximum absolute atomic E-state index is 10.9. The van der Waals surface area contributed by atoms with Gasteiger partial charge in [0.1, 0.15) is 6.29 Å². The van der Waals surface area contributed by atoms with Crippen LogP contribution in [0.4, 0.5) is 11.4 Å². The van der Waals surface area contributed by atoms with Crippen molar-refractivity contribution in [3.8, 4) is 0 Å². The van der Waals surface area contributed by atoms with E-state index in [0.29, 0.717) is 0 Å². The first-order chi connectivity index (χ1) is 9.48. The number of fused-ring (bicyclic) bond motifs is 2. The molecule has 0 amide bonds. The van der Waals surface area contributed by atoms with Gasteiger partial charge in [0.2, 0.25) is 0 Å². The fourth-order valence-electron chi connectivity index (χ4n) is 3.29. The minimum Gasteiger partial charge on any atom is -0.341 e. The van der Waals surface area contributed by atoms with E-state index in [0.717, 1.165) is 40.2 Å². The van der Waals surface area contributed by atoms with Crippen LogP contribution in [0.25, 0.3) is 0 Å². The van der Waals surface area contributed by atoms with Crippen LogP contribution in [0.5, 0.6) is 0 Å². The van der Waals surface area contributed by atoms with Crippen molar-refractivity contribution in [1.29, 1.82) is 0 Å². The standard InChI is InChI=1S/C17H18N2O/c1-11-12(9-10-20)17(2,3)16-15(11)19(4)14-8-6-5-7-13(14)18-16/h5-10H,1-4H3/b12-9-. The third-order valence-electron chi connectivity index (χ3n) is 4.29. The van der Waals surface area contributed by atoms with Crippen molar-refractivity contribution in [2.75, 3.05) is 11.9 Å². The Balaban J connectivity index is 2.31. The van der Waals surface area contributed by atoms with Gasteiger partial charge in [-0.2, -0.15) is 0 Å². The van der Waals surface area contributed by atoms with Crippen LogP contribution in [-0.2, 0) is 4.79 Å². The summed E-state index contributed by atoms with van der Waals surface area (Å²) in [7, 11) is 2.06. The van der Waals surface area contributed by atoms with Crippen LogP contribution in [0, 0.1) is 5.41 Å². The molecule has 0 N–H and O–H groups in total. The number of nitrogens with zero attached hydrogens (tertiary/aromatic N) is 2. The molecule has 3 heteroatoms. The third-order valence-corrected chi connectivity index (χ3v) is 4.29. The lowest BCUT2D eigenvalue weighted by molar-refractivity contribution is -0.104. The lowest BCUT2D eigenvalue weighted by Crippen LogP contribution is -2.31. The third kappa shape index (κ3) is 1.52. The Kier molecular flexibility index (Phi) is 2.68. The Labute approximate surface area is 119 Å². The lowest BCUT2D eigenvalue weighted by Gasteiger charge is -2.31. The highest BCUT2D eigenvalue weighted by Gasteiger charge is 2.43. The summed E-state index contributed by atoms with van der Waals surface area (Å²) >= 11 is 0. The predicted octanol–water partition coefficient (Wildman–Crippen LogP) is 3.65. The summed E-state index contributed by atoms with van der Waals surface area (Å²) in [5, 5.41) is 0. The number of aliphatic imine (C=N–C) groups is 1. The Bertz CT molecular complexity index is 693. The van der Waals surface area contributed by atoms with Gasteiger partial charge < -0.3 is 4.90 Å². The monoisotopic (exact) mass is 266 g/mol. The number of aldehydes is 1. The van der Waals surface area contributed by atoms with Crippen LogP contribution in [-0.4, -0.2) is 19.0 Å². The first-order valence-corrected chi connectivity index (χ1v) is 6.78. The molecule has 1 aliphatic heterocycles. The molecule has 102 valence electrons. The normalized spacial score (nSPS) is 21.7. The number of para-hydroxylation sites is 2. The molecule has 2 aliphatic rings. The SMILES string of the molecule is CC1=C2C(=Nc3ccccc3N2C)C(C)(C)/C1=C\C=O. The number of allylic oxidation sites excluding steroid dienone is 4. The van der Waals surface area contributed by atoms with E-state index in [4.69, 9.17) is 4.99 Å². The number of carbonyl (C=O) groups excluding carboxylic acids is 1. The molecule has 0 fully saturated rings. The highest BCUT2D eigenvalue weighted by Crippen LogP contribution is 2.49. The van der Waals surface area contributed by atoms with Crippen LogP contribution >= 0.6 is 0 Å². The first kappa shape index (κ1) is 12.9. The summed E-state index contributed by atoms with van der Waals surface area (Å²) in [6, 6.07) is 8.13. The van der Waals surface area contributed by atoms with Gasteiger partial charge in [0, 0.05) is 12.5 Å². The molecular weight excluding hydrogens is 248 g/mol. The zero-order chi connectivity index (χ0) is 14.5. The Morgan fingerprint density at radius 2 is 1.95 bits per heavy atom. The smallest absolute Gasteiger partial charge is 0.143 e. The van der Waals surface area contributed by atoms with Crippen LogP contribution < -0.4 is 4.90 Å². The summed E-state index contributed by atoms with van der Waals surface area (Å²) in [6.45, 7) is 6.32. The lowest BCUT2D eigenvalue weighted by atomic mass is 9.82. The quantitative estimate of drug-likeness (QED) is 0.574. The number of carbonyl (C=O) groups is 1. The van der Waals surface area contributed by atoms with Crippen molar-refractivity contribution < 1.29 is 4.79 Å². The Hall–Kier alpha value is -2.16. The molecule has 0 unspecified atom stereocenters. The van der Waals surface area contributed by atoms with Crippen LogP contribution in [0.15, 0.2) is 52.2 Å². The van der Waals surface area contributed by atoms with E-state index in [9.17, 15) is 4.79 Å². The van der Waals surface area contributed by atoms with Crippen LogP contribution in [0.2, 0.25) is 0 Å². The highest BCUT2D eigenvalue weighted by atomic mass is 16.1. The van der Waals surface area contributed by atoms with Gasteiger partial charge >= 0.3 is 0 Å². The molecular formula is C17H18N2O. The second-order valence-electron chi connectivity index (χ2n) is 5.82. The van der Waals surface area contributed by atoms with E-state index in [1.54, 1.807) is 6.08 Å². The van der Waals surface area contributed by atoms with Gasteiger partial charge in [-0.3, -0.25) is 4.79 Å². The largest absolute Gasteiger partial charge is 0.341 e. The fourth-order valence-corrected chi connectivity index (χ4v) is 3.29. The number of rotatable bonds is 1. The molecule has 0 radical (unpaired) electrons. The Morgan fingerprint density at radius 3 is 2.65 bits per heavy atom. The molecule has 1 heterocycles. The highest BCUT2D eigenvalue weighted by molar-refractivity contribution is 6.16. The summed E-state index contributed by atoms with van der Waals surface area (Å²) in [6.07, 6.45) is 2.54. The van der Waals surface area contributed by atoms with Gasteiger partial charge in [-0.1, -0.05) is 26.0 Å². The zero-order valence-electron chi connectivity index (χ0n) is 12.3. The molecule has 1 aliphatic carbocycles. The summed E-state index contributed by atoms with van der Waals surface area (Å²) in [5.74, 6) is 0. The molecule has 20 heavy (non-hydrogen) atoms. The maximum atomic E-state index is 10.9. The van der Waals surface area contributed by atoms with Gasteiger partial charge in [0.05, 0.1) is 22.8 Å². The van der Waals surface area contributed by atoms with Gasteiger partial charge in [0.25, 0.3) is 0 Å². The summed E-state index contributed by atoms with van der Waals surface area (Å²) in [5.41, 5.74) is 6.22. The second kappa shape index (κ2) is 4.17. The van der Waals surface area contributed by atoms with Gasteiger partial charge in [-0.25, -0.2) is 4.99 Å². The molecule has 0 saturated carbocycles. The van der Waals surface area contributed by atoms with Gasteiger partial charge in [-0.15, -0.1) is 0 Å². The van der Waals surface area contributed by atoms with Crippen molar-refractivity contribution in [2.45, 2.75) is 20.8 Å². The number of benzene rings is 1. The van der Waals surface area contributed by atoms with Gasteiger partial charge in [0.15, 0.2) is 0 Å². The van der Waals surface area contributed by atoms with Crippen molar-refractivity contribution >= 4 is 23.4 Å². The minimum absolute atomic E-state index is 0.234. The average molecular weight is 266 g/mol. The second-order valence-corrected chi connectivity index (χ2v) is 5.82. The average Bonchev–Trinajstić information content (AvgIpc) is 2.61. The van der Waals surface area contributed by atoms with E-state index >= 15 is 0 Å². The molecule has 3 rings (SSSR count). The summed E-state index contributed by atoms with van der Waals surface area (Å²) < 4.78 is 0. The Morgan fingerprint density at radius 1 is 1.25 bits per heavy atom. The van der Waals surface area contributed by atoms with E-state index in [1.165, 1.54) is 0 Å². The molecule has 1 aromatic carbocycles. The molecule has 0 bridgehead atoms. The predicted molar refractivity (Wildman–Crippen MR) is 82.6 cm³/mol. The van der Waals surface area contributed by atoms with Crippen molar-refractivity contribution in [3.63, 3.8) is 0 Å². The molecule has 0 saturated heterocycles. The topological polar surface area (TPSA) is 32.7 Å². The number of hydrogen-bond donors (Lipinski definition) is 0. The molecule has 1 aromatic rings. The fraction of sp³-hybridized carbons (Fsp3) is 0.294. The van der Waals surface area contributed by atoms with E-state index in [2.05, 4.69) is 38.8 Å². The molecule has 0 aromatic heterocycles. The molecule has 3 nitrogen and oxygen atoms in total. The molecule has 0 spiro atoms. The van der Waals surface area contributed by atoms with Crippen molar-refractivity contribution in [1.82, 2.24) is 0 Å². The van der Waals surface area contributed by atoms with Crippen molar-refractivity contribution in [2.24, 2.45) is 10.4 Å². The van der Waals surface area contributed by atoms with Crippen LogP contribution in [0.3, 0.4) is 0 Å². The molecule has 0 atom stereocenters. The summed E-state index contributed by atoms with van der Waals surface area (Å²) in [4.78, 5) is 18.0. The van der Waals surface area contributed by atoms with Crippen LogP contribution in [0.1, 0.15) is 20.8 Å². The maximum Gasteiger partial charge on any atom is 0.143 e. The minimum atomic E-state index is -0.234. The van der Waals surface area contributed by atoms with E-state index in [-0.39, 0.29) is 5.41 Å². The van der Waals surface area contributed by atoms with Gasteiger partial charge in [-0.05, 0) is 36.3 Å².